The minimum Gasteiger partial charge on any atom is -0.393 e. The van der Waals surface area contributed by atoms with Crippen molar-refractivity contribution in [3.05, 3.63) is 26.1 Å². The lowest BCUT2D eigenvalue weighted by Gasteiger charge is -1.96. The lowest BCUT2D eigenvalue weighted by atomic mass is 10.4. The molecule has 2 N–H and O–H groups in total. The average Bonchev–Trinajstić information content (AvgIpc) is 1.85. The first kappa shape index (κ1) is 8.18. The molecule has 0 bridgehead atoms. The van der Waals surface area contributed by atoms with E-state index >= 15 is 0 Å². The Bertz CT molecular complexity index is 282. The van der Waals surface area contributed by atoms with Crippen LogP contribution in [0.15, 0.2) is 12.3 Å². The fourth-order valence-corrected chi connectivity index (χ4v) is 1.29. The molecule has 0 aromatic carbocycles. The SMILES string of the molecule is Nc1ccnc(I)c1[N+](=O)[O-]. The van der Waals surface area contributed by atoms with E-state index in [4.69, 9.17) is 5.73 Å². The van der Waals surface area contributed by atoms with Crippen LogP contribution in [0.5, 0.6) is 0 Å². The highest BCUT2D eigenvalue weighted by Crippen LogP contribution is 2.24. The van der Waals surface area contributed by atoms with Crippen molar-refractivity contribution < 1.29 is 4.92 Å². The van der Waals surface area contributed by atoms with Gasteiger partial charge in [0.1, 0.15) is 5.69 Å². The number of hydrogen-bond donors (Lipinski definition) is 1. The van der Waals surface area contributed by atoms with Crippen molar-refractivity contribution in [2.75, 3.05) is 5.73 Å². The van der Waals surface area contributed by atoms with Gasteiger partial charge in [-0.3, -0.25) is 10.1 Å². The Hall–Kier alpha value is -0.920. The van der Waals surface area contributed by atoms with Gasteiger partial charge in [0.05, 0.1) is 4.92 Å². The molecule has 0 unspecified atom stereocenters. The number of halogens is 1. The van der Waals surface area contributed by atoms with Gasteiger partial charge in [0.2, 0.25) is 0 Å². The summed E-state index contributed by atoms with van der Waals surface area (Å²) in [4.78, 5) is 13.5. The highest BCUT2D eigenvalue weighted by Gasteiger charge is 2.16. The van der Waals surface area contributed by atoms with Gasteiger partial charge in [-0.15, -0.1) is 0 Å². The zero-order chi connectivity index (χ0) is 8.43. The molecule has 0 atom stereocenters. The summed E-state index contributed by atoms with van der Waals surface area (Å²) >= 11 is 1.77. The van der Waals surface area contributed by atoms with Gasteiger partial charge in [0.15, 0.2) is 3.70 Å². The van der Waals surface area contributed by atoms with E-state index in [2.05, 4.69) is 4.98 Å². The molecule has 0 saturated carbocycles. The highest BCUT2D eigenvalue weighted by molar-refractivity contribution is 14.1. The topological polar surface area (TPSA) is 82.0 Å². The molecule has 1 aromatic heterocycles. The van der Waals surface area contributed by atoms with Gasteiger partial charge in [0, 0.05) is 6.20 Å². The molecule has 5 nitrogen and oxygen atoms in total. The quantitative estimate of drug-likeness (QED) is 0.357. The molecule has 0 amide bonds. The van der Waals surface area contributed by atoms with E-state index in [1.165, 1.54) is 12.3 Å². The molecular formula is C5H4IN3O2. The number of aromatic nitrogens is 1. The van der Waals surface area contributed by atoms with Crippen LogP contribution < -0.4 is 5.73 Å². The lowest BCUT2D eigenvalue weighted by molar-refractivity contribution is -0.385. The van der Waals surface area contributed by atoms with Crippen LogP contribution in [0, 0.1) is 13.8 Å². The van der Waals surface area contributed by atoms with Crippen molar-refractivity contribution in [3.8, 4) is 0 Å². The normalized spacial score (nSPS) is 9.55. The molecule has 1 rings (SSSR count). The number of nitrogens with zero attached hydrogens (tertiary/aromatic N) is 2. The summed E-state index contributed by atoms with van der Waals surface area (Å²) in [6.07, 6.45) is 1.43. The Morgan fingerprint density at radius 2 is 2.36 bits per heavy atom. The summed E-state index contributed by atoms with van der Waals surface area (Å²) in [6.45, 7) is 0. The standard InChI is InChI=1S/C5H4IN3O2/c6-5-4(9(10)11)3(7)1-2-8-5/h1-2H,(H2,7,8). The van der Waals surface area contributed by atoms with Crippen LogP contribution in [0.2, 0.25) is 0 Å². The molecule has 1 heterocycles. The van der Waals surface area contributed by atoms with Gasteiger partial charge in [-0.05, 0) is 28.7 Å². The van der Waals surface area contributed by atoms with Gasteiger partial charge in [-0.1, -0.05) is 0 Å². The summed E-state index contributed by atoms with van der Waals surface area (Å²) < 4.78 is 0.313. The van der Waals surface area contributed by atoms with Gasteiger partial charge in [-0.2, -0.15) is 0 Å². The number of pyridine rings is 1. The maximum atomic E-state index is 10.3. The van der Waals surface area contributed by atoms with E-state index in [9.17, 15) is 10.1 Å². The van der Waals surface area contributed by atoms with Gasteiger partial charge >= 0.3 is 5.69 Å². The first-order valence-electron chi connectivity index (χ1n) is 2.67. The number of nitro groups is 1. The van der Waals surface area contributed by atoms with Crippen molar-refractivity contribution in [3.63, 3.8) is 0 Å². The van der Waals surface area contributed by atoms with Crippen molar-refractivity contribution in [2.45, 2.75) is 0 Å². The van der Waals surface area contributed by atoms with E-state index in [1.807, 2.05) is 0 Å². The third kappa shape index (κ3) is 1.56. The molecule has 0 fully saturated rings. The second-order valence-electron chi connectivity index (χ2n) is 1.80. The van der Waals surface area contributed by atoms with Gasteiger partial charge < -0.3 is 5.73 Å². The number of nitrogens with two attached hydrogens (primary N) is 1. The largest absolute Gasteiger partial charge is 0.393 e. The Morgan fingerprint density at radius 3 is 2.73 bits per heavy atom. The molecule has 11 heavy (non-hydrogen) atoms. The Balaban J connectivity index is 3.32. The average molecular weight is 265 g/mol. The number of rotatable bonds is 1. The molecule has 0 saturated heterocycles. The summed E-state index contributed by atoms with van der Waals surface area (Å²) in [5, 5.41) is 10.3. The Morgan fingerprint density at radius 1 is 1.73 bits per heavy atom. The van der Waals surface area contributed by atoms with Crippen molar-refractivity contribution in [2.24, 2.45) is 0 Å². The van der Waals surface area contributed by atoms with Crippen molar-refractivity contribution in [1.82, 2.24) is 4.98 Å². The number of hydrogen-bond acceptors (Lipinski definition) is 4. The molecule has 0 radical (unpaired) electrons. The van der Waals surface area contributed by atoms with E-state index in [0.717, 1.165) is 0 Å². The number of anilines is 1. The first-order valence-corrected chi connectivity index (χ1v) is 3.75. The maximum absolute atomic E-state index is 10.3. The highest BCUT2D eigenvalue weighted by atomic mass is 127. The van der Waals surface area contributed by atoms with Gasteiger partial charge in [-0.25, -0.2) is 4.98 Å². The van der Waals surface area contributed by atoms with E-state index < -0.39 is 4.92 Å². The van der Waals surface area contributed by atoms with E-state index in [-0.39, 0.29) is 11.4 Å². The Kier molecular flexibility index (Phi) is 2.22. The summed E-state index contributed by atoms with van der Waals surface area (Å²) in [6, 6.07) is 1.40. The summed E-state index contributed by atoms with van der Waals surface area (Å²) in [5.74, 6) is 0. The fourth-order valence-electron chi connectivity index (χ4n) is 0.623. The number of nitrogen functional groups attached to an aromatic ring is 1. The van der Waals surface area contributed by atoms with Crippen LogP contribution >= 0.6 is 22.6 Å². The minimum atomic E-state index is -0.538. The second kappa shape index (κ2) is 2.99. The molecule has 6 heteroatoms. The summed E-state index contributed by atoms with van der Waals surface area (Å²) in [5.41, 5.74) is 5.37. The molecule has 1 aromatic rings. The zero-order valence-electron chi connectivity index (χ0n) is 5.32. The Labute approximate surface area is 75.9 Å². The minimum absolute atomic E-state index is 0.117. The van der Waals surface area contributed by atoms with Crippen LogP contribution in [0.1, 0.15) is 0 Å². The fraction of sp³-hybridized carbons (Fsp3) is 0. The van der Waals surface area contributed by atoms with Crippen molar-refractivity contribution in [1.29, 1.82) is 0 Å². The lowest BCUT2D eigenvalue weighted by Crippen LogP contribution is -1.99. The van der Waals surface area contributed by atoms with Crippen LogP contribution in [-0.2, 0) is 0 Å². The van der Waals surface area contributed by atoms with Crippen LogP contribution in [0.25, 0.3) is 0 Å². The molecular weight excluding hydrogens is 261 g/mol. The monoisotopic (exact) mass is 265 g/mol. The molecule has 58 valence electrons. The zero-order valence-corrected chi connectivity index (χ0v) is 7.48. The third-order valence-corrected chi connectivity index (χ3v) is 1.88. The van der Waals surface area contributed by atoms with Gasteiger partial charge in [0.25, 0.3) is 0 Å². The first-order chi connectivity index (χ1) is 5.13. The van der Waals surface area contributed by atoms with Crippen LogP contribution in [0.4, 0.5) is 11.4 Å². The van der Waals surface area contributed by atoms with Crippen LogP contribution in [-0.4, -0.2) is 9.91 Å². The predicted molar refractivity (Wildman–Crippen MR) is 48.0 cm³/mol. The molecule has 0 aliphatic rings. The smallest absolute Gasteiger partial charge is 0.323 e. The van der Waals surface area contributed by atoms with E-state index in [1.54, 1.807) is 22.6 Å². The second-order valence-corrected chi connectivity index (χ2v) is 2.82. The third-order valence-electron chi connectivity index (χ3n) is 1.09. The van der Waals surface area contributed by atoms with Crippen molar-refractivity contribution >= 4 is 34.0 Å². The maximum Gasteiger partial charge on any atom is 0.323 e. The molecule has 0 aliphatic carbocycles. The molecule has 0 spiro atoms. The summed E-state index contributed by atoms with van der Waals surface area (Å²) in [7, 11) is 0. The van der Waals surface area contributed by atoms with Crippen LogP contribution in [0.3, 0.4) is 0 Å². The van der Waals surface area contributed by atoms with E-state index in [0.29, 0.717) is 3.70 Å². The molecule has 0 aliphatic heterocycles. The predicted octanol–water partition coefficient (Wildman–Crippen LogP) is 1.18.